The number of aromatic nitrogens is 6. The van der Waals surface area contributed by atoms with Crippen LogP contribution in [-0.4, -0.2) is 66.1 Å². The van der Waals surface area contributed by atoms with E-state index in [4.69, 9.17) is 9.72 Å². The summed E-state index contributed by atoms with van der Waals surface area (Å²) >= 11 is 0. The fraction of sp³-hybridized carbons (Fsp3) is 0.346. The monoisotopic (exact) mass is 495 g/mol. The molecule has 1 amide bonds. The molecule has 0 saturated carbocycles. The summed E-state index contributed by atoms with van der Waals surface area (Å²) in [6.45, 7) is 7.40. The Labute approximate surface area is 213 Å². The third kappa shape index (κ3) is 3.26. The zero-order chi connectivity index (χ0) is 25.9. The van der Waals surface area contributed by atoms with Crippen LogP contribution in [0.2, 0.25) is 0 Å². The molecule has 1 N–H and O–H groups in total. The van der Waals surface area contributed by atoms with Crippen LogP contribution in [0.4, 0.5) is 5.69 Å². The number of nitrogens with one attached hydrogen (secondary N) is 1. The van der Waals surface area contributed by atoms with Gasteiger partial charge in [-0.1, -0.05) is 6.07 Å². The smallest absolute Gasteiger partial charge is 0.264 e. The normalized spacial score (nSPS) is 20.4. The van der Waals surface area contributed by atoms with Crippen molar-refractivity contribution in [2.75, 3.05) is 25.5 Å². The van der Waals surface area contributed by atoms with Crippen molar-refractivity contribution in [3.63, 3.8) is 0 Å². The number of fused-ring (bicyclic) bond motifs is 2. The molecule has 1 fully saturated rings. The van der Waals surface area contributed by atoms with E-state index in [1.165, 1.54) is 6.33 Å². The summed E-state index contributed by atoms with van der Waals surface area (Å²) < 4.78 is 7.56. The number of carbonyl (C=O) groups excluding carboxylic acids is 1. The standard InChI is InChI=1S/C26H25N9O2/c1-5-35-22(17-9-28-15(2)29-10-17)33-21-20(30-14-31-23(21)35)16-6-7-19-18(8-16)26(11-27,24(36)32-19)34-12-25(3,13-34)37-4/h6-10,14H,5,12-13H2,1-4H3,(H,32,36). The highest BCUT2D eigenvalue weighted by molar-refractivity contribution is 6.08. The van der Waals surface area contributed by atoms with Crippen LogP contribution in [0.1, 0.15) is 25.2 Å². The van der Waals surface area contributed by atoms with E-state index >= 15 is 0 Å². The average molecular weight is 496 g/mol. The van der Waals surface area contributed by atoms with E-state index in [1.54, 1.807) is 19.5 Å². The molecule has 11 heteroatoms. The zero-order valence-corrected chi connectivity index (χ0v) is 21.0. The minimum Gasteiger partial charge on any atom is -0.376 e. The molecule has 186 valence electrons. The molecule has 1 saturated heterocycles. The first-order chi connectivity index (χ1) is 17.8. The predicted octanol–water partition coefficient (Wildman–Crippen LogP) is 2.67. The minimum absolute atomic E-state index is 0.356. The van der Waals surface area contributed by atoms with Crippen LogP contribution in [0.5, 0.6) is 0 Å². The summed E-state index contributed by atoms with van der Waals surface area (Å²) in [6.07, 6.45) is 5.00. The number of carbonyl (C=O) groups is 1. The number of ether oxygens (including phenoxy) is 1. The van der Waals surface area contributed by atoms with Gasteiger partial charge in [0.2, 0.25) is 5.54 Å². The van der Waals surface area contributed by atoms with Gasteiger partial charge < -0.3 is 14.6 Å². The summed E-state index contributed by atoms with van der Waals surface area (Å²) in [4.78, 5) is 37.7. The van der Waals surface area contributed by atoms with Gasteiger partial charge in [0.25, 0.3) is 5.91 Å². The Balaban J connectivity index is 1.49. The average Bonchev–Trinajstić information content (AvgIpc) is 3.41. The maximum Gasteiger partial charge on any atom is 0.264 e. The lowest BCUT2D eigenvalue weighted by molar-refractivity contribution is -0.154. The Morgan fingerprint density at radius 2 is 1.92 bits per heavy atom. The summed E-state index contributed by atoms with van der Waals surface area (Å²) in [5, 5.41) is 13.2. The number of anilines is 1. The van der Waals surface area contributed by atoms with E-state index < -0.39 is 11.1 Å². The maximum atomic E-state index is 13.2. The first kappa shape index (κ1) is 23.1. The van der Waals surface area contributed by atoms with Crippen LogP contribution in [0.25, 0.3) is 33.8 Å². The van der Waals surface area contributed by atoms with E-state index in [9.17, 15) is 10.1 Å². The molecule has 1 aromatic carbocycles. The molecule has 0 spiro atoms. The van der Waals surface area contributed by atoms with Gasteiger partial charge in [-0.25, -0.2) is 24.9 Å². The van der Waals surface area contributed by atoms with Gasteiger partial charge in [-0.2, -0.15) is 5.26 Å². The van der Waals surface area contributed by atoms with Crippen molar-refractivity contribution < 1.29 is 9.53 Å². The number of benzene rings is 1. The highest BCUT2D eigenvalue weighted by Gasteiger charge is 2.58. The zero-order valence-electron chi connectivity index (χ0n) is 21.0. The topological polar surface area (TPSA) is 135 Å². The number of hydrogen-bond acceptors (Lipinski definition) is 9. The third-order valence-electron chi connectivity index (χ3n) is 7.33. The Kier molecular flexibility index (Phi) is 5.08. The SMILES string of the molecule is CCn1c(-c2cnc(C)nc2)nc2c(-c3ccc4c(c3)C(C#N)(N3CC(C)(OC)C3)C(=O)N4)ncnc21. The first-order valence-corrected chi connectivity index (χ1v) is 12.0. The second-order valence-electron chi connectivity index (χ2n) is 9.64. The van der Waals surface area contributed by atoms with E-state index in [2.05, 4.69) is 31.3 Å². The summed E-state index contributed by atoms with van der Waals surface area (Å²) in [5.41, 5.74) is 2.82. The highest BCUT2D eigenvalue weighted by atomic mass is 16.5. The number of aryl methyl sites for hydroxylation is 2. The van der Waals surface area contributed by atoms with Gasteiger partial charge in [0, 0.05) is 56.0 Å². The molecular formula is C26H25N9O2. The molecule has 4 aromatic rings. The van der Waals surface area contributed by atoms with Crippen LogP contribution in [0.15, 0.2) is 36.9 Å². The summed E-state index contributed by atoms with van der Waals surface area (Å²) in [6, 6.07) is 7.86. The van der Waals surface area contributed by atoms with Gasteiger partial charge in [0.15, 0.2) is 5.65 Å². The minimum atomic E-state index is -1.44. The molecule has 11 nitrogen and oxygen atoms in total. The Morgan fingerprint density at radius 3 is 2.59 bits per heavy atom. The molecular weight excluding hydrogens is 470 g/mol. The van der Waals surface area contributed by atoms with Crippen LogP contribution >= 0.6 is 0 Å². The summed E-state index contributed by atoms with van der Waals surface area (Å²) in [7, 11) is 1.64. The lowest BCUT2D eigenvalue weighted by Gasteiger charge is -2.51. The van der Waals surface area contributed by atoms with Crippen molar-refractivity contribution in [1.29, 1.82) is 5.26 Å². The molecule has 37 heavy (non-hydrogen) atoms. The number of rotatable bonds is 5. The van der Waals surface area contributed by atoms with Crippen LogP contribution < -0.4 is 5.32 Å². The molecule has 0 bridgehead atoms. The fourth-order valence-electron chi connectivity index (χ4n) is 5.23. The van der Waals surface area contributed by atoms with Crippen molar-refractivity contribution in [2.45, 2.75) is 38.5 Å². The van der Waals surface area contributed by atoms with Gasteiger partial charge in [-0.15, -0.1) is 0 Å². The Bertz CT molecular complexity index is 1600. The van der Waals surface area contributed by atoms with Gasteiger partial charge in [-0.05, 0) is 32.9 Å². The van der Waals surface area contributed by atoms with Gasteiger partial charge in [0.1, 0.15) is 35.3 Å². The third-order valence-corrected chi connectivity index (χ3v) is 7.33. The summed E-state index contributed by atoms with van der Waals surface area (Å²) in [5.74, 6) is 1.02. The fourth-order valence-corrected chi connectivity index (χ4v) is 5.23. The Hall–Kier alpha value is -4.27. The van der Waals surface area contributed by atoms with Crippen LogP contribution in [0, 0.1) is 18.3 Å². The number of amides is 1. The molecule has 2 aliphatic heterocycles. The number of likely N-dealkylation sites (tertiary alicyclic amines) is 1. The van der Waals surface area contributed by atoms with Gasteiger partial charge >= 0.3 is 0 Å². The highest BCUT2D eigenvalue weighted by Crippen LogP contribution is 2.46. The largest absolute Gasteiger partial charge is 0.376 e. The Morgan fingerprint density at radius 1 is 1.16 bits per heavy atom. The number of imidazole rings is 1. The van der Waals surface area contributed by atoms with Gasteiger partial charge in [-0.3, -0.25) is 9.69 Å². The van der Waals surface area contributed by atoms with Gasteiger partial charge in [0.05, 0.1) is 11.2 Å². The lowest BCUT2D eigenvalue weighted by atomic mass is 9.82. The molecule has 1 unspecified atom stereocenters. The van der Waals surface area contributed by atoms with Crippen molar-refractivity contribution in [1.82, 2.24) is 34.4 Å². The molecule has 6 rings (SSSR count). The quantitative estimate of drug-likeness (QED) is 0.443. The molecule has 1 atom stereocenters. The first-order valence-electron chi connectivity index (χ1n) is 12.0. The van der Waals surface area contributed by atoms with Crippen molar-refractivity contribution >= 4 is 22.8 Å². The van der Waals surface area contributed by atoms with Crippen molar-refractivity contribution in [3.8, 4) is 28.7 Å². The van der Waals surface area contributed by atoms with E-state index in [0.717, 1.165) is 11.1 Å². The maximum absolute atomic E-state index is 13.2. The second kappa shape index (κ2) is 8.12. The van der Waals surface area contributed by atoms with E-state index in [0.29, 0.717) is 59.4 Å². The van der Waals surface area contributed by atoms with Crippen molar-refractivity contribution in [3.05, 3.63) is 48.3 Å². The molecule has 5 heterocycles. The molecule has 0 radical (unpaired) electrons. The number of nitriles is 1. The van der Waals surface area contributed by atoms with E-state index in [-0.39, 0.29) is 5.91 Å². The molecule has 2 aliphatic rings. The molecule has 0 aliphatic carbocycles. The predicted molar refractivity (Wildman–Crippen MR) is 135 cm³/mol. The molecule has 3 aromatic heterocycles. The number of methoxy groups -OCH3 is 1. The van der Waals surface area contributed by atoms with E-state index in [1.807, 2.05) is 48.4 Å². The number of hydrogen-bond donors (Lipinski definition) is 1. The second-order valence-corrected chi connectivity index (χ2v) is 9.64. The lowest BCUT2D eigenvalue weighted by Crippen LogP contribution is -2.68. The van der Waals surface area contributed by atoms with Crippen LogP contribution in [0.3, 0.4) is 0 Å². The van der Waals surface area contributed by atoms with Crippen LogP contribution in [-0.2, 0) is 21.6 Å². The number of nitrogens with zero attached hydrogens (tertiary/aromatic N) is 8. The van der Waals surface area contributed by atoms with Crippen molar-refractivity contribution in [2.24, 2.45) is 0 Å².